The second-order valence-corrected chi connectivity index (χ2v) is 6.33. The van der Waals surface area contributed by atoms with Crippen molar-refractivity contribution in [2.45, 2.75) is 19.6 Å². The Balaban J connectivity index is 2.35. The van der Waals surface area contributed by atoms with Crippen LogP contribution >= 0.6 is 27.3 Å². The molecule has 0 saturated heterocycles. The number of hydrogen-bond acceptors (Lipinski definition) is 3. The minimum atomic E-state index is -2.91. The zero-order valence-electron chi connectivity index (χ0n) is 9.94. The van der Waals surface area contributed by atoms with Crippen LogP contribution in [0.2, 0.25) is 0 Å². The Kier molecular flexibility index (Phi) is 4.54. The molecule has 0 aliphatic rings. The van der Waals surface area contributed by atoms with Crippen molar-refractivity contribution in [2.24, 2.45) is 0 Å². The molecule has 0 aliphatic heterocycles. The fraction of sp³-hybridized carbons (Fsp3) is 0.231. The normalized spacial score (nSPS) is 12.7. The van der Waals surface area contributed by atoms with Crippen LogP contribution in [0.4, 0.5) is 8.78 Å². The maximum atomic E-state index is 12.3. The minimum absolute atomic E-state index is 0.00724. The third-order valence-electron chi connectivity index (χ3n) is 2.58. The summed E-state index contributed by atoms with van der Waals surface area (Å²) < 4.78 is 30.0. The second kappa shape index (κ2) is 5.98. The standard InChI is InChI=1S/C13H11BrF2O2S/c1-7-6-10(19-12(7)14)11(17)8-4-2-3-5-9(8)18-13(15)16/h2-6,11,13,17H,1H3. The lowest BCUT2D eigenvalue weighted by atomic mass is 10.1. The molecule has 1 aromatic heterocycles. The van der Waals surface area contributed by atoms with E-state index in [1.165, 1.54) is 17.4 Å². The van der Waals surface area contributed by atoms with Gasteiger partial charge in [0, 0.05) is 10.4 Å². The van der Waals surface area contributed by atoms with Crippen LogP contribution in [0.3, 0.4) is 0 Å². The van der Waals surface area contributed by atoms with E-state index in [0.29, 0.717) is 10.4 Å². The van der Waals surface area contributed by atoms with E-state index in [0.717, 1.165) is 9.35 Å². The van der Waals surface area contributed by atoms with Gasteiger partial charge in [-0.25, -0.2) is 0 Å². The van der Waals surface area contributed by atoms with Crippen molar-refractivity contribution in [3.05, 3.63) is 50.1 Å². The molecule has 0 saturated carbocycles. The predicted molar refractivity (Wildman–Crippen MR) is 73.9 cm³/mol. The molecule has 0 fully saturated rings. The second-order valence-electron chi connectivity index (χ2n) is 3.92. The van der Waals surface area contributed by atoms with Crippen molar-refractivity contribution in [3.8, 4) is 5.75 Å². The summed E-state index contributed by atoms with van der Waals surface area (Å²) in [5.74, 6) is -0.00724. The van der Waals surface area contributed by atoms with Gasteiger partial charge >= 0.3 is 6.61 Å². The summed E-state index contributed by atoms with van der Waals surface area (Å²) in [5.41, 5.74) is 1.32. The van der Waals surface area contributed by atoms with Crippen molar-refractivity contribution in [1.82, 2.24) is 0 Å². The molecule has 102 valence electrons. The Morgan fingerprint density at radius 1 is 1.32 bits per heavy atom. The van der Waals surface area contributed by atoms with Crippen molar-refractivity contribution in [2.75, 3.05) is 0 Å². The van der Waals surface area contributed by atoms with Gasteiger partial charge in [-0.05, 0) is 40.5 Å². The highest BCUT2D eigenvalue weighted by Crippen LogP contribution is 2.37. The molecule has 2 nitrogen and oxygen atoms in total. The summed E-state index contributed by atoms with van der Waals surface area (Å²) in [4.78, 5) is 0.676. The van der Waals surface area contributed by atoms with Crippen LogP contribution in [0.5, 0.6) is 5.75 Å². The van der Waals surface area contributed by atoms with Gasteiger partial charge in [-0.2, -0.15) is 8.78 Å². The van der Waals surface area contributed by atoms with Crippen LogP contribution < -0.4 is 4.74 Å². The fourth-order valence-corrected chi connectivity index (χ4v) is 3.26. The Morgan fingerprint density at radius 2 is 2.00 bits per heavy atom. The number of thiophene rings is 1. The van der Waals surface area contributed by atoms with E-state index in [9.17, 15) is 13.9 Å². The van der Waals surface area contributed by atoms with Gasteiger partial charge in [0.1, 0.15) is 11.9 Å². The Bertz CT molecular complexity index is 552. The Hall–Kier alpha value is -0.980. The smallest absolute Gasteiger partial charge is 0.387 e. The first-order chi connectivity index (χ1) is 8.99. The van der Waals surface area contributed by atoms with Crippen LogP contribution in [0.25, 0.3) is 0 Å². The third-order valence-corrected chi connectivity index (χ3v) is 4.76. The maximum Gasteiger partial charge on any atom is 0.387 e. The van der Waals surface area contributed by atoms with E-state index in [4.69, 9.17) is 0 Å². The van der Waals surface area contributed by atoms with Gasteiger partial charge in [0.15, 0.2) is 0 Å². The van der Waals surface area contributed by atoms with Crippen LogP contribution in [0, 0.1) is 6.92 Å². The summed E-state index contributed by atoms with van der Waals surface area (Å²) in [6.07, 6.45) is -0.982. The van der Waals surface area contributed by atoms with Crippen LogP contribution in [0.1, 0.15) is 22.1 Å². The first-order valence-electron chi connectivity index (χ1n) is 5.46. The number of aliphatic hydroxyl groups is 1. The largest absolute Gasteiger partial charge is 0.434 e. The average Bonchev–Trinajstić information content (AvgIpc) is 2.69. The lowest BCUT2D eigenvalue weighted by Crippen LogP contribution is -2.07. The number of halogens is 3. The molecule has 0 radical (unpaired) electrons. The summed E-state index contributed by atoms with van der Waals surface area (Å²) in [7, 11) is 0. The van der Waals surface area contributed by atoms with Gasteiger partial charge < -0.3 is 9.84 Å². The molecule has 2 rings (SSSR count). The monoisotopic (exact) mass is 348 g/mol. The fourth-order valence-electron chi connectivity index (χ4n) is 1.68. The van der Waals surface area contributed by atoms with Crippen molar-refractivity contribution >= 4 is 27.3 Å². The van der Waals surface area contributed by atoms with Crippen molar-refractivity contribution in [3.63, 3.8) is 0 Å². The van der Waals surface area contributed by atoms with Crippen LogP contribution in [0.15, 0.2) is 34.1 Å². The molecule has 1 unspecified atom stereocenters. The van der Waals surface area contributed by atoms with Gasteiger partial charge in [0.25, 0.3) is 0 Å². The molecule has 6 heteroatoms. The summed E-state index contributed by atoms with van der Waals surface area (Å²) >= 11 is 4.74. The highest BCUT2D eigenvalue weighted by Gasteiger charge is 2.19. The van der Waals surface area contributed by atoms with E-state index in [2.05, 4.69) is 20.7 Å². The lowest BCUT2D eigenvalue weighted by molar-refractivity contribution is -0.0512. The van der Waals surface area contributed by atoms with Gasteiger partial charge in [-0.15, -0.1) is 11.3 Å². The molecule has 1 N–H and O–H groups in total. The Labute approximate surface area is 121 Å². The SMILES string of the molecule is Cc1cc(C(O)c2ccccc2OC(F)F)sc1Br. The molecule has 0 aliphatic carbocycles. The molecule has 1 atom stereocenters. The number of aliphatic hydroxyl groups excluding tert-OH is 1. The van der Waals surface area contributed by atoms with Gasteiger partial charge in [-0.3, -0.25) is 0 Å². The van der Waals surface area contributed by atoms with Gasteiger partial charge in [-0.1, -0.05) is 18.2 Å². The molecule has 2 aromatic rings. The molecule has 1 heterocycles. The molecule has 0 bridgehead atoms. The zero-order valence-corrected chi connectivity index (χ0v) is 12.3. The lowest BCUT2D eigenvalue weighted by Gasteiger charge is -2.14. The molecule has 0 spiro atoms. The van der Waals surface area contributed by atoms with E-state index < -0.39 is 12.7 Å². The number of hydrogen-bond donors (Lipinski definition) is 1. The number of benzene rings is 1. The minimum Gasteiger partial charge on any atom is -0.434 e. The van der Waals surface area contributed by atoms with Gasteiger partial charge in [0.2, 0.25) is 0 Å². The van der Waals surface area contributed by atoms with E-state index in [-0.39, 0.29) is 5.75 Å². The van der Waals surface area contributed by atoms with E-state index in [1.54, 1.807) is 18.2 Å². The van der Waals surface area contributed by atoms with Crippen molar-refractivity contribution < 1.29 is 18.6 Å². The number of para-hydroxylation sites is 1. The van der Waals surface area contributed by atoms with Crippen molar-refractivity contribution in [1.29, 1.82) is 0 Å². The van der Waals surface area contributed by atoms with Crippen LogP contribution in [-0.2, 0) is 0 Å². The Morgan fingerprint density at radius 3 is 2.58 bits per heavy atom. The summed E-state index contributed by atoms with van der Waals surface area (Å²) in [6.45, 7) is -1.01. The highest BCUT2D eigenvalue weighted by atomic mass is 79.9. The van der Waals surface area contributed by atoms with Crippen LogP contribution in [-0.4, -0.2) is 11.7 Å². The summed E-state index contributed by atoms with van der Waals surface area (Å²) in [6, 6.07) is 8.07. The third kappa shape index (κ3) is 3.32. The number of alkyl halides is 2. The zero-order chi connectivity index (χ0) is 14.0. The van der Waals surface area contributed by atoms with Gasteiger partial charge in [0.05, 0.1) is 3.79 Å². The molecule has 19 heavy (non-hydrogen) atoms. The summed E-state index contributed by atoms with van der Waals surface area (Å²) in [5, 5.41) is 10.3. The molecule has 0 amide bonds. The van der Waals surface area contributed by atoms with E-state index >= 15 is 0 Å². The molecular weight excluding hydrogens is 338 g/mol. The predicted octanol–water partition coefficient (Wildman–Crippen LogP) is 4.50. The number of aryl methyl sites for hydroxylation is 1. The number of rotatable bonds is 4. The average molecular weight is 349 g/mol. The van der Waals surface area contributed by atoms with E-state index in [1.807, 2.05) is 13.0 Å². The topological polar surface area (TPSA) is 29.5 Å². The molecule has 1 aromatic carbocycles. The first-order valence-corrected chi connectivity index (χ1v) is 7.07. The quantitative estimate of drug-likeness (QED) is 0.881. The number of ether oxygens (including phenoxy) is 1. The first kappa shape index (κ1) is 14.4. The highest BCUT2D eigenvalue weighted by molar-refractivity contribution is 9.11. The maximum absolute atomic E-state index is 12.3. The molecular formula is C13H11BrF2O2S.